The molecule has 0 saturated carbocycles. The molecule has 0 radical (unpaired) electrons. The summed E-state index contributed by atoms with van der Waals surface area (Å²) in [6.45, 7) is 11.1. The maximum absolute atomic E-state index is 12.0. The van der Waals surface area contributed by atoms with Crippen LogP contribution in [-0.2, 0) is 0 Å². The summed E-state index contributed by atoms with van der Waals surface area (Å²) in [5, 5.41) is 2.21. The van der Waals surface area contributed by atoms with Gasteiger partial charge in [-0.1, -0.05) is 13.2 Å². The lowest BCUT2D eigenvalue weighted by Crippen LogP contribution is -2.18. The standard InChI is InChI=1S/C16H12O4/c1-7-9(3)19-15(17)11-5-6-12-14(13(7)11)8(2)10(4)20-16(12)18/h5-6H,3-4H2,1-2H3. The SMILES string of the molecule is C=c1oc(=O)c2ccc3c(=O)oc(=C)c(C)c3c2c1C. The third kappa shape index (κ3) is 1.48. The molecule has 2 aromatic heterocycles. The Balaban J connectivity index is 2.89. The van der Waals surface area contributed by atoms with Gasteiger partial charge in [-0.05, 0) is 37.1 Å². The van der Waals surface area contributed by atoms with Crippen molar-refractivity contribution in [2.45, 2.75) is 13.8 Å². The molecule has 4 nitrogen and oxygen atoms in total. The van der Waals surface area contributed by atoms with Crippen molar-refractivity contribution in [1.29, 1.82) is 0 Å². The largest absolute Gasteiger partial charge is 0.423 e. The number of aryl methyl sites for hydroxylation is 2. The summed E-state index contributed by atoms with van der Waals surface area (Å²) in [6, 6.07) is 3.16. The number of benzene rings is 1. The van der Waals surface area contributed by atoms with Crippen molar-refractivity contribution in [2.75, 3.05) is 0 Å². The highest BCUT2D eigenvalue weighted by atomic mass is 16.4. The van der Waals surface area contributed by atoms with E-state index in [1.165, 1.54) is 0 Å². The molecule has 2 heterocycles. The van der Waals surface area contributed by atoms with E-state index in [1.54, 1.807) is 12.1 Å². The fraction of sp³-hybridized carbons (Fsp3) is 0.125. The Morgan fingerprint density at radius 1 is 0.800 bits per heavy atom. The molecular formula is C16H12O4. The van der Waals surface area contributed by atoms with Gasteiger partial charge in [0.1, 0.15) is 10.8 Å². The molecule has 0 bridgehead atoms. The molecule has 0 aliphatic carbocycles. The minimum Gasteiger partial charge on any atom is -0.423 e. The molecule has 0 unspecified atom stereocenters. The van der Waals surface area contributed by atoms with Crippen LogP contribution in [0.4, 0.5) is 0 Å². The predicted molar refractivity (Wildman–Crippen MR) is 78.3 cm³/mol. The van der Waals surface area contributed by atoms with Crippen LogP contribution in [0.2, 0.25) is 0 Å². The van der Waals surface area contributed by atoms with Crippen molar-refractivity contribution >= 4 is 34.7 Å². The summed E-state index contributed by atoms with van der Waals surface area (Å²) in [5.74, 6) is 0. The van der Waals surface area contributed by atoms with Gasteiger partial charge >= 0.3 is 11.3 Å². The number of rotatable bonds is 0. The molecule has 0 aliphatic rings. The summed E-state index contributed by atoms with van der Waals surface area (Å²) in [4.78, 5) is 23.9. The number of fused-ring (bicyclic) bond motifs is 3. The summed E-state index contributed by atoms with van der Waals surface area (Å²) in [6.07, 6.45) is 0. The summed E-state index contributed by atoms with van der Waals surface area (Å²) < 4.78 is 10.2. The molecule has 0 atom stereocenters. The second-order valence-corrected chi connectivity index (χ2v) is 4.79. The Hall–Kier alpha value is -2.62. The fourth-order valence-electron chi connectivity index (χ4n) is 2.49. The van der Waals surface area contributed by atoms with Gasteiger partial charge in [0.15, 0.2) is 0 Å². The van der Waals surface area contributed by atoms with Gasteiger partial charge in [0.05, 0.1) is 10.8 Å². The minimum atomic E-state index is -0.462. The van der Waals surface area contributed by atoms with Crippen molar-refractivity contribution in [1.82, 2.24) is 0 Å². The Bertz CT molecular complexity index is 995. The lowest BCUT2D eigenvalue weighted by atomic mass is 9.98. The second kappa shape index (κ2) is 3.93. The van der Waals surface area contributed by atoms with Gasteiger partial charge in [0, 0.05) is 10.8 Å². The van der Waals surface area contributed by atoms with Gasteiger partial charge in [-0.15, -0.1) is 0 Å². The average molecular weight is 268 g/mol. The van der Waals surface area contributed by atoms with E-state index in [2.05, 4.69) is 13.2 Å². The van der Waals surface area contributed by atoms with E-state index in [1.807, 2.05) is 13.8 Å². The van der Waals surface area contributed by atoms with Crippen LogP contribution in [0.1, 0.15) is 11.1 Å². The van der Waals surface area contributed by atoms with E-state index in [9.17, 15) is 9.59 Å². The molecule has 0 amide bonds. The van der Waals surface area contributed by atoms with Crippen LogP contribution in [0.15, 0.2) is 30.6 Å². The Morgan fingerprint density at radius 2 is 1.15 bits per heavy atom. The van der Waals surface area contributed by atoms with Gasteiger partial charge in [-0.2, -0.15) is 0 Å². The lowest BCUT2D eigenvalue weighted by Gasteiger charge is -2.08. The molecular weight excluding hydrogens is 256 g/mol. The quantitative estimate of drug-likeness (QED) is 0.577. The first-order valence-corrected chi connectivity index (χ1v) is 6.09. The van der Waals surface area contributed by atoms with E-state index >= 15 is 0 Å². The summed E-state index contributed by atoms with van der Waals surface area (Å²) in [5.41, 5.74) is 1.14. The highest BCUT2D eigenvalue weighted by Gasteiger charge is 2.14. The molecule has 100 valence electrons. The Kier molecular flexibility index (Phi) is 2.44. The van der Waals surface area contributed by atoms with Crippen LogP contribution in [-0.4, -0.2) is 0 Å². The predicted octanol–water partition coefficient (Wildman–Crippen LogP) is 1.34. The van der Waals surface area contributed by atoms with E-state index in [-0.39, 0.29) is 0 Å². The van der Waals surface area contributed by atoms with Crippen LogP contribution >= 0.6 is 0 Å². The normalized spacial score (nSPS) is 11.3. The Labute approximate surface area is 113 Å². The first kappa shape index (κ1) is 12.4. The van der Waals surface area contributed by atoms with Crippen LogP contribution in [0.3, 0.4) is 0 Å². The molecule has 20 heavy (non-hydrogen) atoms. The van der Waals surface area contributed by atoms with Crippen LogP contribution in [0.5, 0.6) is 0 Å². The van der Waals surface area contributed by atoms with E-state index in [0.29, 0.717) is 32.4 Å². The van der Waals surface area contributed by atoms with Crippen LogP contribution in [0.25, 0.3) is 34.7 Å². The van der Waals surface area contributed by atoms with Gasteiger partial charge in [-0.3, -0.25) is 0 Å². The zero-order valence-corrected chi connectivity index (χ0v) is 11.2. The maximum atomic E-state index is 12.0. The maximum Gasteiger partial charge on any atom is 0.344 e. The fourth-order valence-corrected chi connectivity index (χ4v) is 2.49. The van der Waals surface area contributed by atoms with Crippen molar-refractivity contribution < 1.29 is 8.83 Å². The van der Waals surface area contributed by atoms with Crippen LogP contribution in [0, 0.1) is 13.8 Å². The van der Waals surface area contributed by atoms with Gasteiger partial charge in [0.2, 0.25) is 0 Å². The van der Waals surface area contributed by atoms with E-state index < -0.39 is 11.3 Å². The van der Waals surface area contributed by atoms with Gasteiger partial charge in [0.25, 0.3) is 0 Å². The molecule has 0 fully saturated rings. The number of hydrogen-bond donors (Lipinski definition) is 0. The average Bonchev–Trinajstić information content (AvgIpc) is 2.41. The van der Waals surface area contributed by atoms with E-state index in [0.717, 1.165) is 11.1 Å². The molecule has 1 aromatic carbocycles. The second-order valence-electron chi connectivity index (χ2n) is 4.79. The topological polar surface area (TPSA) is 60.4 Å². The third-order valence-electron chi connectivity index (χ3n) is 3.66. The molecule has 4 heteroatoms. The molecule has 0 N–H and O–H groups in total. The molecule has 0 saturated heterocycles. The monoisotopic (exact) mass is 268 g/mol. The van der Waals surface area contributed by atoms with Crippen LogP contribution < -0.4 is 22.1 Å². The molecule has 0 aliphatic heterocycles. The lowest BCUT2D eigenvalue weighted by molar-refractivity contribution is 0.482. The zero-order chi connectivity index (χ0) is 14.6. The minimum absolute atomic E-state index is 0.299. The summed E-state index contributed by atoms with van der Waals surface area (Å²) >= 11 is 0. The highest BCUT2D eigenvalue weighted by molar-refractivity contribution is 6.09. The first-order chi connectivity index (χ1) is 9.41. The zero-order valence-electron chi connectivity index (χ0n) is 11.2. The van der Waals surface area contributed by atoms with Gasteiger partial charge in [-0.25, -0.2) is 9.59 Å². The van der Waals surface area contributed by atoms with Crippen molar-refractivity contribution in [3.05, 3.63) is 54.9 Å². The molecule has 3 aromatic rings. The smallest absolute Gasteiger partial charge is 0.344 e. The van der Waals surface area contributed by atoms with Crippen molar-refractivity contribution in [2.24, 2.45) is 0 Å². The van der Waals surface area contributed by atoms with Crippen molar-refractivity contribution in [3.63, 3.8) is 0 Å². The van der Waals surface area contributed by atoms with E-state index in [4.69, 9.17) is 8.83 Å². The molecule has 0 spiro atoms. The first-order valence-electron chi connectivity index (χ1n) is 6.09. The van der Waals surface area contributed by atoms with Crippen molar-refractivity contribution in [3.8, 4) is 0 Å². The highest BCUT2D eigenvalue weighted by Crippen LogP contribution is 2.24. The molecule has 3 rings (SSSR count). The third-order valence-corrected chi connectivity index (χ3v) is 3.66. The Morgan fingerprint density at radius 3 is 1.50 bits per heavy atom. The summed E-state index contributed by atoms with van der Waals surface area (Å²) in [7, 11) is 0. The van der Waals surface area contributed by atoms with Gasteiger partial charge < -0.3 is 8.83 Å². The number of hydrogen-bond acceptors (Lipinski definition) is 4.